The molecule has 1 aliphatic heterocycles. The van der Waals surface area contributed by atoms with Crippen LogP contribution in [0.25, 0.3) is 0 Å². The molecule has 126 valence electrons. The van der Waals surface area contributed by atoms with Gasteiger partial charge in [0.15, 0.2) is 0 Å². The van der Waals surface area contributed by atoms with E-state index < -0.39 is 4.92 Å². The number of carbonyl (C=O) groups is 1. The van der Waals surface area contributed by atoms with Crippen LogP contribution in [0.15, 0.2) is 18.2 Å². The van der Waals surface area contributed by atoms with Gasteiger partial charge in [-0.25, -0.2) is 0 Å². The number of nitrogens with one attached hydrogen (secondary N) is 1. The summed E-state index contributed by atoms with van der Waals surface area (Å²) < 4.78 is 5.27. The number of amides is 1. The average Bonchev–Trinajstić information content (AvgIpc) is 2.55. The van der Waals surface area contributed by atoms with Crippen LogP contribution in [0.5, 0.6) is 0 Å². The number of nitrogens with zero attached hydrogens (tertiary/aromatic N) is 2. The summed E-state index contributed by atoms with van der Waals surface area (Å²) in [7, 11) is 0. The van der Waals surface area contributed by atoms with E-state index in [1.807, 2.05) is 18.7 Å². The predicted octanol–water partition coefficient (Wildman–Crippen LogP) is 2.35. The lowest BCUT2D eigenvalue weighted by Crippen LogP contribution is -2.36. The van der Waals surface area contributed by atoms with Gasteiger partial charge in [0.05, 0.1) is 18.1 Å². The predicted molar refractivity (Wildman–Crippen MR) is 88.0 cm³/mol. The van der Waals surface area contributed by atoms with Gasteiger partial charge in [-0.15, -0.1) is 0 Å². The topological polar surface area (TPSA) is 84.7 Å². The number of rotatable bonds is 6. The third kappa shape index (κ3) is 4.41. The lowest BCUT2D eigenvalue weighted by atomic mass is 10.1. The van der Waals surface area contributed by atoms with Crippen molar-refractivity contribution in [3.8, 4) is 0 Å². The molecule has 0 bridgehead atoms. The minimum absolute atomic E-state index is 0.0392. The highest BCUT2D eigenvalue weighted by atomic mass is 16.6. The van der Waals surface area contributed by atoms with Crippen molar-refractivity contribution in [2.75, 3.05) is 31.2 Å². The first-order valence-electron chi connectivity index (χ1n) is 7.95. The lowest BCUT2D eigenvalue weighted by Gasteiger charge is -2.28. The summed E-state index contributed by atoms with van der Waals surface area (Å²) in [6.45, 7) is 6.30. The largest absolute Gasteiger partial charge is 0.378 e. The van der Waals surface area contributed by atoms with Gasteiger partial charge in [0.25, 0.3) is 11.6 Å². The molecule has 7 nitrogen and oxygen atoms in total. The summed E-state index contributed by atoms with van der Waals surface area (Å²) in [5.74, 6) is -0.275. The quantitative estimate of drug-likeness (QED) is 0.642. The van der Waals surface area contributed by atoms with Gasteiger partial charge in [0.1, 0.15) is 5.69 Å². The molecule has 1 unspecified atom stereocenters. The van der Waals surface area contributed by atoms with Gasteiger partial charge in [-0.3, -0.25) is 14.9 Å². The molecule has 0 saturated carbocycles. The maximum absolute atomic E-state index is 12.2. The molecule has 1 atom stereocenters. The zero-order valence-corrected chi connectivity index (χ0v) is 13.6. The standard InChI is InChI=1S/C16H23N3O4/c1-3-4-12(2)17-16(20)13-5-6-14(15(11-13)19(21)22)18-7-9-23-10-8-18/h5-6,11-12H,3-4,7-10H2,1-2H3,(H,17,20). The van der Waals surface area contributed by atoms with Gasteiger partial charge >= 0.3 is 0 Å². The van der Waals surface area contributed by atoms with Crippen molar-refractivity contribution >= 4 is 17.3 Å². The number of anilines is 1. The van der Waals surface area contributed by atoms with Crippen LogP contribution in [0.2, 0.25) is 0 Å². The molecule has 23 heavy (non-hydrogen) atoms. The summed E-state index contributed by atoms with van der Waals surface area (Å²) in [5, 5.41) is 14.2. The molecule has 1 aromatic carbocycles. The summed E-state index contributed by atoms with van der Waals surface area (Å²) in [5.41, 5.74) is 0.816. The van der Waals surface area contributed by atoms with Crippen LogP contribution in [0.3, 0.4) is 0 Å². The van der Waals surface area contributed by atoms with Crippen LogP contribution in [0.1, 0.15) is 37.0 Å². The molecule has 0 aliphatic carbocycles. The van der Waals surface area contributed by atoms with E-state index in [2.05, 4.69) is 5.32 Å². The van der Waals surface area contributed by atoms with Crippen molar-refractivity contribution in [2.45, 2.75) is 32.7 Å². The Morgan fingerprint density at radius 1 is 1.43 bits per heavy atom. The zero-order valence-electron chi connectivity index (χ0n) is 13.6. The van der Waals surface area contributed by atoms with Gasteiger partial charge < -0.3 is 15.0 Å². The summed E-state index contributed by atoms with van der Waals surface area (Å²) in [6.07, 6.45) is 1.84. The van der Waals surface area contributed by atoms with E-state index in [-0.39, 0.29) is 17.6 Å². The molecular formula is C16H23N3O4. The molecule has 0 spiro atoms. The Labute approximate surface area is 135 Å². The maximum Gasteiger partial charge on any atom is 0.293 e. The van der Waals surface area contributed by atoms with Crippen LogP contribution in [0, 0.1) is 10.1 Å². The summed E-state index contributed by atoms with van der Waals surface area (Å²) >= 11 is 0. The molecule has 1 fully saturated rings. The first-order chi connectivity index (χ1) is 11.0. The van der Waals surface area contributed by atoms with Gasteiger partial charge in [0.2, 0.25) is 0 Å². The number of morpholine rings is 1. The first kappa shape index (κ1) is 17.2. The van der Waals surface area contributed by atoms with Crippen LogP contribution in [0.4, 0.5) is 11.4 Å². The van der Waals surface area contributed by atoms with Gasteiger partial charge in [-0.2, -0.15) is 0 Å². The summed E-state index contributed by atoms with van der Waals surface area (Å²) in [4.78, 5) is 25.1. The highest BCUT2D eigenvalue weighted by molar-refractivity contribution is 5.96. The third-order valence-electron chi connectivity index (χ3n) is 3.89. The Bertz CT molecular complexity index is 570. The molecule has 1 heterocycles. The van der Waals surface area contributed by atoms with Crippen molar-refractivity contribution in [3.05, 3.63) is 33.9 Å². The Morgan fingerprint density at radius 3 is 2.74 bits per heavy atom. The molecule has 0 aromatic heterocycles. The van der Waals surface area contributed by atoms with E-state index >= 15 is 0 Å². The fourth-order valence-corrected chi connectivity index (χ4v) is 2.69. The van der Waals surface area contributed by atoms with Crippen LogP contribution < -0.4 is 10.2 Å². The van der Waals surface area contributed by atoms with Crippen molar-refractivity contribution in [1.82, 2.24) is 5.32 Å². The van der Waals surface area contributed by atoms with Gasteiger partial charge in [-0.1, -0.05) is 13.3 Å². The molecule has 1 amide bonds. The number of carbonyl (C=O) groups excluding carboxylic acids is 1. The molecule has 1 saturated heterocycles. The monoisotopic (exact) mass is 321 g/mol. The molecule has 1 N–H and O–H groups in total. The van der Waals surface area contributed by atoms with Crippen molar-refractivity contribution in [2.24, 2.45) is 0 Å². The van der Waals surface area contributed by atoms with Gasteiger partial charge in [0, 0.05) is 30.8 Å². The minimum atomic E-state index is -0.433. The number of ether oxygens (including phenoxy) is 1. The first-order valence-corrected chi connectivity index (χ1v) is 7.95. The Morgan fingerprint density at radius 2 is 2.13 bits per heavy atom. The lowest BCUT2D eigenvalue weighted by molar-refractivity contribution is -0.384. The van der Waals surface area contributed by atoms with E-state index in [4.69, 9.17) is 4.74 Å². The molecule has 1 aliphatic rings. The minimum Gasteiger partial charge on any atom is -0.378 e. The van der Waals surface area contributed by atoms with Gasteiger partial charge in [-0.05, 0) is 25.5 Å². The Kier molecular flexibility index (Phi) is 5.92. The number of benzene rings is 1. The van der Waals surface area contributed by atoms with E-state index in [1.165, 1.54) is 6.07 Å². The van der Waals surface area contributed by atoms with Crippen LogP contribution >= 0.6 is 0 Å². The van der Waals surface area contributed by atoms with Crippen molar-refractivity contribution in [3.63, 3.8) is 0 Å². The van der Waals surface area contributed by atoms with Crippen molar-refractivity contribution < 1.29 is 14.5 Å². The number of nitro benzene ring substituents is 1. The third-order valence-corrected chi connectivity index (χ3v) is 3.89. The Balaban J connectivity index is 2.21. The van der Waals surface area contributed by atoms with Crippen molar-refractivity contribution in [1.29, 1.82) is 0 Å². The molecule has 7 heteroatoms. The van der Waals surface area contributed by atoms with E-state index in [0.717, 1.165) is 12.8 Å². The fraction of sp³-hybridized carbons (Fsp3) is 0.562. The van der Waals surface area contributed by atoms with E-state index in [9.17, 15) is 14.9 Å². The fourth-order valence-electron chi connectivity index (χ4n) is 2.69. The molecular weight excluding hydrogens is 298 g/mol. The highest BCUT2D eigenvalue weighted by Crippen LogP contribution is 2.29. The summed E-state index contributed by atoms with van der Waals surface area (Å²) in [6, 6.07) is 4.71. The van der Waals surface area contributed by atoms with Crippen LogP contribution in [-0.2, 0) is 4.74 Å². The second kappa shape index (κ2) is 7.92. The average molecular weight is 321 g/mol. The van der Waals surface area contributed by atoms with E-state index in [1.54, 1.807) is 12.1 Å². The highest BCUT2D eigenvalue weighted by Gasteiger charge is 2.23. The molecule has 1 aromatic rings. The smallest absolute Gasteiger partial charge is 0.293 e. The number of hydrogen-bond acceptors (Lipinski definition) is 5. The molecule has 0 radical (unpaired) electrons. The second-order valence-corrected chi connectivity index (χ2v) is 5.72. The number of hydrogen-bond donors (Lipinski definition) is 1. The van der Waals surface area contributed by atoms with E-state index in [0.29, 0.717) is 37.6 Å². The normalized spacial score (nSPS) is 16.0. The van der Waals surface area contributed by atoms with Crippen LogP contribution in [-0.4, -0.2) is 43.2 Å². The Hall–Kier alpha value is -2.15. The zero-order chi connectivity index (χ0) is 16.8. The number of nitro groups is 1. The SMILES string of the molecule is CCCC(C)NC(=O)c1ccc(N2CCOCC2)c([N+](=O)[O-])c1. The maximum atomic E-state index is 12.2. The second-order valence-electron chi connectivity index (χ2n) is 5.72. The molecule has 2 rings (SSSR count).